The molecule has 3 heterocycles. The molecule has 0 spiro atoms. The van der Waals surface area contributed by atoms with Crippen molar-refractivity contribution in [1.82, 2.24) is 15.3 Å². The van der Waals surface area contributed by atoms with Gasteiger partial charge in [-0.05, 0) is 50.6 Å². The molecule has 1 aliphatic heterocycles. The van der Waals surface area contributed by atoms with Crippen molar-refractivity contribution in [3.63, 3.8) is 0 Å². The van der Waals surface area contributed by atoms with Crippen LogP contribution < -0.4 is 26.4 Å². The van der Waals surface area contributed by atoms with Gasteiger partial charge in [-0.25, -0.2) is 4.98 Å². The Labute approximate surface area is 249 Å². The highest BCUT2D eigenvalue weighted by Gasteiger charge is 2.39. The normalized spacial score (nSPS) is 14.3. The van der Waals surface area contributed by atoms with Crippen LogP contribution in [0, 0.1) is 16.7 Å². The van der Waals surface area contributed by atoms with Crippen LogP contribution in [-0.2, 0) is 0 Å². The summed E-state index contributed by atoms with van der Waals surface area (Å²) in [4.78, 5) is 10.5. The van der Waals surface area contributed by atoms with E-state index in [1.807, 2.05) is 24.3 Å². The second kappa shape index (κ2) is 14.0. The second-order valence-corrected chi connectivity index (χ2v) is 11.3. The fraction of sp³-hybridized carbons (Fsp3) is 0.357. The number of nitrogens with one attached hydrogen (secondary N) is 2. The van der Waals surface area contributed by atoms with Gasteiger partial charge in [0.15, 0.2) is 0 Å². The first kappa shape index (κ1) is 31.5. The number of nitriles is 1. The predicted molar refractivity (Wildman–Crippen MR) is 166 cm³/mol. The predicted octanol–water partition coefficient (Wildman–Crippen LogP) is 4.90. The standard InChI is InChI=1S/C26H28Cl2N8O.C2H6S/c1-15(23-20(27)11-33-12-21(23)28)37-18-3-4-22(31)19(8-18)24(32)17-7-16(9-30)25(34-10-17)36-13-26(2,14-36)35-6-5-29;1-3-2/h3-4,7-8,10-12,15,32,35H,5-6,13-14,29,31H2,1-2H3;1-2H3/t15-;/m1./s1. The molecule has 0 unspecified atom stereocenters. The molecular weight excluding hydrogens is 567 g/mol. The molecule has 6 N–H and O–H groups in total. The number of thioether (sulfide) groups is 1. The Hall–Kier alpha value is -3.07. The van der Waals surface area contributed by atoms with Gasteiger partial charge in [0.05, 0.1) is 26.9 Å². The van der Waals surface area contributed by atoms with Crippen molar-refractivity contribution in [3.05, 3.63) is 75.2 Å². The minimum Gasteiger partial charge on any atom is -0.486 e. The summed E-state index contributed by atoms with van der Waals surface area (Å²) in [7, 11) is 0. The van der Waals surface area contributed by atoms with Crippen LogP contribution in [0.4, 0.5) is 11.5 Å². The van der Waals surface area contributed by atoms with Gasteiger partial charge >= 0.3 is 0 Å². The Morgan fingerprint density at radius 1 is 1.25 bits per heavy atom. The van der Waals surface area contributed by atoms with E-state index in [0.29, 0.717) is 69.2 Å². The third-order valence-electron chi connectivity index (χ3n) is 6.25. The number of halogens is 2. The van der Waals surface area contributed by atoms with Gasteiger partial charge in [0.1, 0.15) is 23.7 Å². The smallest absolute Gasteiger partial charge is 0.146 e. The number of anilines is 2. The topological polar surface area (TPSA) is 150 Å². The first-order valence-electron chi connectivity index (χ1n) is 12.5. The van der Waals surface area contributed by atoms with Gasteiger partial charge in [-0.15, -0.1) is 0 Å². The zero-order valence-corrected chi connectivity index (χ0v) is 25.3. The molecule has 3 aromatic rings. The fourth-order valence-electron chi connectivity index (χ4n) is 4.41. The van der Waals surface area contributed by atoms with Gasteiger partial charge in [-0.2, -0.15) is 17.0 Å². The highest BCUT2D eigenvalue weighted by molar-refractivity contribution is 7.97. The van der Waals surface area contributed by atoms with Crippen LogP contribution in [0.1, 0.15) is 42.2 Å². The lowest BCUT2D eigenvalue weighted by Crippen LogP contribution is -2.68. The Kier molecular flexibility index (Phi) is 11.0. The highest BCUT2D eigenvalue weighted by Crippen LogP contribution is 2.34. The Bertz CT molecular complexity index is 1370. The molecule has 1 fully saturated rings. The maximum absolute atomic E-state index is 9.80. The second-order valence-electron chi connectivity index (χ2n) is 9.65. The summed E-state index contributed by atoms with van der Waals surface area (Å²) < 4.78 is 6.07. The Morgan fingerprint density at radius 3 is 2.50 bits per heavy atom. The van der Waals surface area contributed by atoms with Crippen LogP contribution >= 0.6 is 35.0 Å². The molecule has 0 aliphatic carbocycles. The molecule has 2 aromatic heterocycles. The summed E-state index contributed by atoms with van der Waals surface area (Å²) in [6.07, 6.45) is 8.22. The molecule has 12 heteroatoms. The molecule has 1 aliphatic rings. The average Bonchev–Trinajstić information content (AvgIpc) is 2.91. The van der Waals surface area contributed by atoms with E-state index in [9.17, 15) is 5.26 Å². The van der Waals surface area contributed by atoms with Crippen molar-refractivity contribution in [2.75, 3.05) is 49.3 Å². The van der Waals surface area contributed by atoms with E-state index < -0.39 is 6.10 Å². The number of rotatable bonds is 9. The molecule has 0 bridgehead atoms. The number of nitrogens with two attached hydrogens (primary N) is 2. The van der Waals surface area contributed by atoms with E-state index in [0.717, 1.165) is 6.54 Å². The minimum absolute atomic E-state index is 0.0735. The summed E-state index contributed by atoms with van der Waals surface area (Å²) in [6, 6.07) is 8.95. The lowest BCUT2D eigenvalue weighted by Gasteiger charge is -2.49. The van der Waals surface area contributed by atoms with Gasteiger partial charge in [-0.1, -0.05) is 23.2 Å². The third-order valence-corrected chi connectivity index (χ3v) is 6.86. The molecule has 1 saturated heterocycles. The van der Waals surface area contributed by atoms with Crippen LogP contribution in [-0.4, -0.2) is 59.9 Å². The minimum atomic E-state index is -0.471. The molecule has 0 radical (unpaired) electrons. The SMILES string of the molecule is CSC.C[C@@H](Oc1ccc(N)c(C(=N)c2cnc(N3CC(C)(NCCN)C3)c(C#N)c2)c1)c1c(Cl)cncc1Cl. The van der Waals surface area contributed by atoms with Crippen molar-refractivity contribution in [2.45, 2.75) is 25.5 Å². The van der Waals surface area contributed by atoms with Crippen LogP contribution in [0.5, 0.6) is 5.75 Å². The summed E-state index contributed by atoms with van der Waals surface area (Å²) in [6.45, 7) is 6.65. The summed E-state index contributed by atoms with van der Waals surface area (Å²) in [5, 5.41) is 22.8. The molecule has 9 nitrogen and oxygen atoms in total. The van der Waals surface area contributed by atoms with Gasteiger partial charge in [0.25, 0.3) is 0 Å². The van der Waals surface area contributed by atoms with Crippen LogP contribution in [0.2, 0.25) is 10.0 Å². The van der Waals surface area contributed by atoms with E-state index in [-0.39, 0.29) is 11.3 Å². The summed E-state index contributed by atoms with van der Waals surface area (Å²) >= 11 is 14.3. The van der Waals surface area contributed by atoms with Gasteiger partial charge in [0, 0.05) is 67.1 Å². The van der Waals surface area contributed by atoms with E-state index in [1.54, 1.807) is 42.2 Å². The number of pyridine rings is 2. The molecule has 212 valence electrons. The number of nitrogens with zero attached hydrogens (tertiary/aromatic N) is 4. The van der Waals surface area contributed by atoms with E-state index in [2.05, 4.69) is 28.3 Å². The largest absolute Gasteiger partial charge is 0.486 e. The number of benzene rings is 1. The molecule has 0 saturated carbocycles. The fourth-order valence-corrected chi connectivity index (χ4v) is 5.09. The van der Waals surface area contributed by atoms with Gasteiger partial charge < -0.3 is 26.4 Å². The van der Waals surface area contributed by atoms with Crippen LogP contribution in [0.25, 0.3) is 0 Å². The van der Waals surface area contributed by atoms with Crippen molar-refractivity contribution in [1.29, 1.82) is 10.7 Å². The van der Waals surface area contributed by atoms with Crippen molar-refractivity contribution in [3.8, 4) is 11.8 Å². The molecule has 1 aromatic carbocycles. The van der Waals surface area contributed by atoms with E-state index >= 15 is 0 Å². The maximum atomic E-state index is 9.80. The van der Waals surface area contributed by atoms with Crippen LogP contribution in [0.15, 0.2) is 42.9 Å². The van der Waals surface area contributed by atoms with Gasteiger partial charge in [0.2, 0.25) is 0 Å². The van der Waals surface area contributed by atoms with E-state index in [4.69, 9.17) is 44.8 Å². The lowest BCUT2D eigenvalue weighted by atomic mass is 9.91. The lowest BCUT2D eigenvalue weighted by molar-refractivity contribution is 0.227. The molecule has 40 heavy (non-hydrogen) atoms. The number of hydrogen-bond acceptors (Lipinski definition) is 10. The number of aromatic nitrogens is 2. The third kappa shape index (κ3) is 7.36. The highest BCUT2D eigenvalue weighted by atomic mass is 35.5. The zero-order chi connectivity index (χ0) is 29.4. The summed E-state index contributed by atoms with van der Waals surface area (Å²) in [5.74, 6) is 1.08. The Morgan fingerprint density at radius 2 is 1.90 bits per heavy atom. The Balaban J connectivity index is 0.00000141. The number of hydrogen-bond donors (Lipinski definition) is 4. The molecular formula is C28H34Cl2N8OS. The molecule has 4 rings (SSSR count). The van der Waals surface area contributed by atoms with Crippen LogP contribution in [0.3, 0.4) is 0 Å². The molecule has 1 atom stereocenters. The first-order valence-corrected chi connectivity index (χ1v) is 14.9. The van der Waals surface area contributed by atoms with Gasteiger partial charge in [-0.3, -0.25) is 10.4 Å². The van der Waals surface area contributed by atoms with E-state index in [1.165, 1.54) is 12.4 Å². The zero-order valence-electron chi connectivity index (χ0n) is 23.0. The molecule has 0 amide bonds. The number of ether oxygens (including phenoxy) is 1. The van der Waals surface area contributed by atoms with Crippen molar-refractivity contribution in [2.24, 2.45) is 5.73 Å². The van der Waals surface area contributed by atoms with Crippen molar-refractivity contribution < 1.29 is 4.74 Å². The number of nitrogen functional groups attached to an aromatic ring is 1. The monoisotopic (exact) mass is 600 g/mol. The quantitative estimate of drug-likeness (QED) is 0.198. The maximum Gasteiger partial charge on any atom is 0.146 e. The summed E-state index contributed by atoms with van der Waals surface area (Å²) in [5.41, 5.74) is 14.2. The average molecular weight is 602 g/mol. The van der Waals surface area contributed by atoms with Crippen molar-refractivity contribution >= 4 is 52.2 Å². The first-order chi connectivity index (χ1) is 19.1.